The molecule has 0 saturated heterocycles. The Kier molecular flexibility index (Phi) is 5.20. The van der Waals surface area contributed by atoms with Crippen molar-refractivity contribution in [1.29, 1.82) is 0 Å². The Morgan fingerprint density at radius 3 is 2.76 bits per heavy atom. The summed E-state index contributed by atoms with van der Waals surface area (Å²) in [6.07, 6.45) is 1.89. The first-order valence-electron chi connectivity index (χ1n) is 5.62. The van der Waals surface area contributed by atoms with Crippen molar-refractivity contribution in [3.05, 3.63) is 29.8 Å². The summed E-state index contributed by atoms with van der Waals surface area (Å²) in [7, 11) is 0. The third-order valence-corrected chi connectivity index (χ3v) is 2.41. The number of carbonyl (C=O) groups excluding carboxylic acids is 1. The van der Waals surface area contributed by atoms with E-state index in [0.29, 0.717) is 24.0 Å². The SMILES string of the molecule is CCCCC(Oc1ccccc1C=O)C(=O)O. The number of hydrogen-bond acceptors (Lipinski definition) is 3. The number of aldehydes is 1. The minimum absolute atomic E-state index is 0.325. The normalized spacial score (nSPS) is 11.8. The molecular formula is C13H16O4. The highest BCUT2D eigenvalue weighted by Gasteiger charge is 2.19. The standard InChI is InChI=1S/C13H16O4/c1-2-3-7-12(13(15)16)17-11-8-5-4-6-10(11)9-14/h4-6,8-9,12H,2-3,7H2,1H3,(H,15,16). The number of unbranched alkanes of at least 4 members (excludes halogenated alkanes) is 1. The lowest BCUT2D eigenvalue weighted by molar-refractivity contribution is -0.145. The van der Waals surface area contributed by atoms with Crippen LogP contribution in [0.1, 0.15) is 36.5 Å². The fraction of sp³-hybridized carbons (Fsp3) is 0.385. The Labute approximate surface area is 100 Å². The zero-order valence-corrected chi connectivity index (χ0v) is 9.76. The quantitative estimate of drug-likeness (QED) is 0.739. The van der Waals surface area contributed by atoms with E-state index in [1.165, 1.54) is 0 Å². The Balaban J connectivity index is 2.78. The predicted molar refractivity (Wildman–Crippen MR) is 63.4 cm³/mol. The van der Waals surface area contributed by atoms with Gasteiger partial charge in [-0.15, -0.1) is 0 Å². The number of para-hydroxylation sites is 1. The van der Waals surface area contributed by atoms with Crippen LogP contribution in [0.5, 0.6) is 5.75 Å². The summed E-state index contributed by atoms with van der Waals surface area (Å²) >= 11 is 0. The second kappa shape index (κ2) is 6.68. The first-order chi connectivity index (χ1) is 8.19. The van der Waals surface area contributed by atoms with Gasteiger partial charge in [0, 0.05) is 0 Å². The predicted octanol–water partition coefficient (Wildman–Crippen LogP) is 2.52. The topological polar surface area (TPSA) is 63.6 Å². The minimum atomic E-state index is -1.00. The highest BCUT2D eigenvalue weighted by molar-refractivity contribution is 5.80. The summed E-state index contributed by atoms with van der Waals surface area (Å²) in [6.45, 7) is 1.98. The maximum absolute atomic E-state index is 11.0. The van der Waals surface area contributed by atoms with Crippen LogP contribution in [0.15, 0.2) is 24.3 Å². The van der Waals surface area contributed by atoms with Crippen molar-refractivity contribution in [1.82, 2.24) is 0 Å². The van der Waals surface area contributed by atoms with Crippen LogP contribution in [0.25, 0.3) is 0 Å². The van der Waals surface area contributed by atoms with Gasteiger partial charge in [-0.25, -0.2) is 4.79 Å². The summed E-state index contributed by atoms with van der Waals surface area (Å²) in [6, 6.07) is 6.62. The molecule has 0 aromatic heterocycles. The average Bonchev–Trinajstić information content (AvgIpc) is 2.34. The number of hydrogen-bond donors (Lipinski definition) is 1. The van der Waals surface area contributed by atoms with Crippen molar-refractivity contribution < 1.29 is 19.4 Å². The Morgan fingerprint density at radius 1 is 1.47 bits per heavy atom. The van der Waals surface area contributed by atoms with E-state index in [4.69, 9.17) is 9.84 Å². The van der Waals surface area contributed by atoms with Crippen molar-refractivity contribution in [2.75, 3.05) is 0 Å². The van der Waals surface area contributed by atoms with E-state index in [-0.39, 0.29) is 0 Å². The molecule has 0 spiro atoms. The van der Waals surface area contributed by atoms with Crippen LogP contribution in [0.3, 0.4) is 0 Å². The first-order valence-corrected chi connectivity index (χ1v) is 5.62. The molecule has 1 atom stereocenters. The second-order valence-corrected chi connectivity index (χ2v) is 3.74. The van der Waals surface area contributed by atoms with E-state index in [1.54, 1.807) is 24.3 Å². The van der Waals surface area contributed by atoms with E-state index >= 15 is 0 Å². The van der Waals surface area contributed by atoms with Crippen LogP contribution >= 0.6 is 0 Å². The Bertz CT molecular complexity index is 387. The lowest BCUT2D eigenvalue weighted by atomic mass is 10.1. The molecule has 4 nitrogen and oxygen atoms in total. The summed E-state index contributed by atoms with van der Waals surface area (Å²) in [4.78, 5) is 21.8. The average molecular weight is 236 g/mol. The first kappa shape index (κ1) is 13.2. The zero-order valence-electron chi connectivity index (χ0n) is 9.76. The molecule has 0 radical (unpaired) electrons. The molecule has 1 aromatic rings. The number of ether oxygens (including phenoxy) is 1. The molecule has 0 saturated carbocycles. The molecule has 0 fully saturated rings. The van der Waals surface area contributed by atoms with Crippen molar-refractivity contribution in [3.63, 3.8) is 0 Å². The summed E-state index contributed by atoms with van der Waals surface area (Å²) < 4.78 is 5.37. The molecule has 1 unspecified atom stereocenters. The number of carboxylic acids is 1. The molecule has 17 heavy (non-hydrogen) atoms. The fourth-order valence-corrected chi connectivity index (χ4v) is 1.46. The van der Waals surface area contributed by atoms with Crippen LogP contribution in [0, 0.1) is 0 Å². The monoisotopic (exact) mass is 236 g/mol. The number of carboxylic acid groups (broad SMARTS) is 1. The van der Waals surface area contributed by atoms with Crippen LogP contribution < -0.4 is 4.74 Å². The molecule has 0 heterocycles. The Morgan fingerprint density at radius 2 is 2.18 bits per heavy atom. The van der Waals surface area contributed by atoms with Gasteiger partial charge in [-0.1, -0.05) is 25.5 Å². The fourth-order valence-electron chi connectivity index (χ4n) is 1.46. The molecule has 4 heteroatoms. The zero-order chi connectivity index (χ0) is 12.7. The maximum atomic E-state index is 11.0. The number of carbonyl (C=O) groups is 2. The van der Waals surface area contributed by atoms with Gasteiger partial charge in [0.15, 0.2) is 12.4 Å². The van der Waals surface area contributed by atoms with Crippen LogP contribution in [-0.4, -0.2) is 23.5 Å². The molecule has 0 aliphatic heterocycles. The van der Waals surface area contributed by atoms with Crippen molar-refractivity contribution >= 4 is 12.3 Å². The molecule has 1 N–H and O–H groups in total. The molecule has 0 amide bonds. The minimum Gasteiger partial charge on any atom is -0.479 e. The maximum Gasteiger partial charge on any atom is 0.344 e. The lowest BCUT2D eigenvalue weighted by Crippen LogP contribution is -2.27. The van der Waals surface area contributed by atoms with Gasteiger partial charge in [0.2, 0.25) is 0 Å². The van der Waals surface area contributed by atoms with E-state index in [9.17, 15) is 9.59 Å². The third-order valence-electron chi connectivity index (χ3n) is 2.41. The third kappa shape index (κ3) is 3.90. The van der Waals surface area contributed by atoms with Gasteiger partial charge in [0.25, 0.3) is 0 Å². The molecule has 0 bridgehead atoms. The van der Waals surface area contributed by atoms with Crippen molar-refractivity contribution in [2.45, 2.75) is 32.3 Å². The summed E-state index contributed by atoms with van der Waals surface area (Å²) in [5.74, 6) is -0.676. The highest BCUT2D eigenvalue weighted by Crippen LogP contribution is 2.19. The molecule has 0 aliphatic carbocycles. The molecule has 1 aromatic carbocycles. The van der Waals surface area contributed by atoms with Crippen molar-refractivity contribution in [2.24, 2.45) is 0 Å². The van der Waals surface area contributed by atoms with E-state index in [0.717, 1.165) is 12.8 Å². The van der Waals surface area contributed by atoms with E-state index < -0.39 is 12.1 Å². The Hall–Kier alpha value is -1.84. The lowest BCUT2D eigenvalue weighted by Gasteiger charge is -2.15. The molecule has 1 rings (SSSR count). The van der Waals surface area contributed by atoms with Crippen molar-refractivity contribution in [3.8, 4) is 5.75 Å². The second-order valence-electron chi connectivity index (χ2n) is 3.74. The van der Waals surface area contributed by atoms with Gasteiger partial charge in [-0.05, 0) is 25.0 Å². The largest absolute Gasteiger partial charge is 0.479 e. The van der Waals surface area contributed by atoms with E-state index in [1.807, 2.05) is 6.92 Å². The highest BCUT2D eigenvalue weighted by atomic mass is 16.5. The van der Waals surface area contributed by atoms with Gasteiger partial charge in [0.1, 0.15) is 5.75 Å². The van der Waals surface area contributed by atoms with Gasteiger partial charge >= 0.3 is 5.97 Å². The van der Waals surface area contributed by atoms with Gasteiger partial charge in [0.05, 0.1) is 5.56 Å². The van der Waals surface area contributed by atoms with Crippen LogP contribution in [0.4, 0.5) is 0 Å². The van der Waals surface area contributed by atoms with E-state index in [2.05, 4.69) is 0 Å². The molecule has 0 aliphatic rings. The number of benzene rings is 1. The van der Waals surface area contributed by atoms with Crippen LogP contribution in [0.2, 0.25) is 0 Å². The van der Waals surface area contributed by atoms with Crippen LogP contribution in [-0.2, 0) is 4.79 Å². The van der Waals surface area contributed by atoms with Gasteiger partial charge < -0.3 is 9.84 Å². The van der Waals surface area contributed by atoms with Gasteiger partial charge in [-0.3, -0.25) is 4.79 Å². The molecule has 92 valence electrons. The van der Waals surface area contributed by atoms with Gasteiger partial charge in [-0.2, -0.15) is 0 Å². The summed E-state index contributed by atoms with van der Waals surface area (Å²) in [5, 5.41) is 9.01. The summed E-state index contributed by atoms with van der Waals surface area (Å²) in [5.41, 5.74) is 0.371. The number of aliphatic carboxylic acids is 1. The number of rotatable bonds is 7. The smallest absolute Gasteiger partial charge is 0.344 e. The molecular weight excluding hydrogens is 220 g/mol.